The molecule has 0 radical (unpaired) electrons. The summed E-state index contributed by atoms with van der Waals surface area (Å²) < 4.78 is 60.4. The Kier molecular flexibility index (Phi) is 23.2. The number of esters is 10. The van der Waals surface area contributed by atoms with Crippen LogP contribution in [0.5, 0.6) is 172 Å². The molecular formula is C76H52O46. The number of phenols is 25. The van der Waals surface area contributed by atoms with Crippen molar-refractivity contribution in [2.75, 3.05) is 6.61 Å². The molecule has 0 amide bonds. The van der Waals surface area contributed by atoms with Crippen molar-refractivity contribution in [1.82, 2.24) is 0 Å². The molecule has 1 aliphatic rings. The van der Waals surface area contributed by atoms with Gasteiger partial charge in [0, 0.05) is 0 Å². The fourth-order valence-corrected chi connectivity index (χ4v) is 10.8. The molecule has 1 aliphatic heterocycles. The Balaban J connectivity index is 1.09. The minimum absolute atomic E-state index is 0.295. The maximum atomic E-state index is 15.3. The van der Waals surface area contributed by atoms with Crippen LogP contribution in [0.15, 0.2) is 121 Å². The molecular weight excluding hydrogens is 1650 g/mol. The fraction of sp³-hybridized carbons (Fsp3) is 0.0789. The van der Waals surface area contributed by atoms with E-state index in [-0.39, 0.29) is 0 Å². The lowest BCUT2D eigenvalue weighted by molar-refractivity contribution is -0.282. The molecule has 1 fully saturated rings. The van der Waals surface area contributed by atoms with Crippen LogP contribution >= 0.6 is 0 Å². The van der Waals surface area contributed by atoms with E-state index in [0.29, 0.717) is 121 Å². The lowest BCUT2D eigenvalue weighted by Gasteiger charge is -2.43. The molecule has 632 valence electrons. The van der Waals surface area contributed by atoms with Crippen LogP contribution in [0.1, 0.15) is 104 Å². The summed E-state index contributed by atoms with van der Waals surface area (Å²) in [6.07, 6.45) is -15.1. The van der Waals surface area contributed by atoms with Gasteiger partial charge in [0.15, 0.2) is 156 Å². The van der Waals surface area contributed by atoms with Crippen molar-refractivity contribution in [3.63, 3.8) is 0 Å². The number of carbonyl (C=O) groups excluding carboxylic acids is 10. The third kappa shape index (κ3) is 17.6. The molecule has 1 saturated heterocycles. The Hall–Kier alpha value is -18.1. The van der Waals surface area contributed by atoms with Crippen molar-refractivity contribution >= 4 is 59.7 Å². The molecule has 0 unspecified atom stereocenters. The fourth-order valence-electron chi connectivity index (χ4n) is 10.8. The number of phenolic OH excluding ortho intramolecular Hbond substituents is 25. The second-order valence-corrected chi connectivity index (χ2v) is 25.1. The highest BCUT2D eigenvalue weighted by atomic mass is 16.8. The van der Waals surface area contributed by atoms with Gasteiger partial charge in [-0.3, -0.25) is 0 Å². The number of rotatable bonds is 21. The highest BCUT2D eigenvalue weighted by molar-refractivity contribution is 6.00. The van der Waals surface area contributed by atoms with E-state index in [2.05, 4.69) is 0 Å². The minimum Gasteiger partial charge on any atom is -0.504 e. The van der Waals surface area contributed by atoms with Gasteiger partial charge < -0.3 is 180 Å². The third-order valence-corrected chi connectivity index (χ3v) is 16.9. The molecule has 11 rings (SSSR count). The van der Waals surface area contributed by atoms with Crippen LogP contribution in [-0.2, 0) is 28.4 Å². The minimum atomic E-state index is -3.12. The van der Waals surface area contributed by atoms with Gasteiger partial charge in [0.25, 0.3) is 0 Å². The van der Waals surface area contributed by atoms with Crippen LogP contribution in [0.25, 0.3) is 0 Å². The van der Waals surface area contributed by atoms with E-state index in [1.165, 1.54) is 0 Å². The van der Waals surface area contributed by atoms with Crippen molar-refractivity contribution in [3.8, 4) is 172 Å². The second-order valence-electron chi connectivity index (χ2n) is 25.1. The Labute approximate surface area is 671 Å². The van der Waals surface area contributed by atoms with Crippen molar-refractivity contribution in [2.24, 2.45) is 0 Å². The summed E-state index contributed by atoms with van der Waals surface area (Å²) in [4.78, 5) is 142. The SMILES string of the molecule is O=C(OC[C@H]1O[C@@H](OC(=O)c2cc(O)c(O)c(OC(=O)c3cc(O)c(O)c(O)c3)c2)[C@@H](OC(=O)c2cc(O)c(O)c(OC(=O)c3cc(O)c(O)c(O)c3)c2)[C@@H](OC(=O)c2cc(O)c(O)c(OC(=O)c3cc(O)c(O)c(O)c3)c2)[C@H]1OC(=O)c1cc(O)c(O)c(OC(=O)c2cc(O)c(O)c(O)c2)c1)c1cc(O)c(O)c(OC(=O)c2cc(O)c(O)c(O)c2)c1. The highest BCUT2D eigenvalue weighted by Gasteiger charge is 2.55. The predicted octanol–water partition coefficient (Wildman–Crippen LogP) is 4.84. The first kappa shape index (κ1) is 84.8. The number of hydrogen-bond donors (Lipinski definition) is 25. The topological polar surface area (TPSA) is 778 Å². The lowest BCUT2D eigenvalue weighted by Crippen LogP contribution is -2.63. The number of ether oxygens (including phenoxy) is 11. The predicted molar refractivity (Wildman–Crippen MR) is 383 cm³/mol. The van der Waals surface area contributed by atoms with E-state index in [9.17, 15) is 161 Å². The summed E-state index contributed by atoms with van der Waals surface area (Å²) in [6.45, 7) is -1.71. The summed E-state index contributed by atoms with van der Waals surface area (Å²) in [6, 6.07) is 8.56. The number of carbonyl (C=O) groups is 10. The van der Waals surface area contributed by atoms with Crippen molar-refractivity contribution in [3.05, 3.63) is 177 Å². The second kappa shape index (κ2) is 33.4. The van der Waals surface area contributed by atoms with Gasteiger partial charge in [-0.05, 0) is 121 Å². The molecule has 0 saturated carbocycles. The molecule has 46 nitrogen and oxygen atoms in total. The van der Waals surface area contributed by atoms with Crippen LogP contribution in [0, 0.1) is 0 Å². The average molecular weight is 1700 g/mol. The zero-order valence-electron chi connectivity index (χ0n) is 59.9. The van der Waals surface area contributed by atoms with E-state index < -0.39 is 325 Å². The van der Waals surface area contributed by atoms with Gasteiger partial charge in [-0.1, -0.05) is 0 Å². The molecule has 25 N–H and O–H groups in total. The maximum Gasteiger partial charge on any atom is 0.343 e. The first-order chi connectivity index (χ1) is 57.4. The largest absolute Gasteiger partial charge is 0.504 e. The molecule has 1 heterocycles. The van der Waals surface area contributed by atoms with Gasteiger partial charge in [0.1, 0.15) is 12.7 Å². The average Bonchev–Trinajstić information content (AvgIpc) is 0.764. The van der Waals surface area contributed by atoms with Gasteiger partial charge in [-0.2, -0.15) is 0 Å². The summed E-state index contributed by atoms with van der Waals surface area (Å²) in [5.74, 6) is -56.0. The van der Waals surface area contributed by atoms with Crippen LogP contribution < -0.4 is 23.7 Å². The number of hydrogen-bond acceptors (Lipinski definition) is 46. The maximum absolute atomic E-state index is 15.3. The lowest BCUT2D eigenvalue weighted by atomic mass is 9.97. The van der Waals surface area contributed by atoms with E-state index in [1.807, 2.05) is 0 Å². The van der Waals surface area contributed by atoms with Gasteiger partial charge in [-0.25, -0.2) is 47.9 Å². The summed E-state index contributed by atoms with van der Waals surface area (Å²) in [5, 5.41) is 261. The zero-order chi connectivity index (χ0) is 89.4. The van der Waals surface area contributed by atoms with Crippen LogP contribution in [0.2, 0.25) is 0 Å². The van der Waals surface area contributed by atoms with E-state index in [4.69, 9.17) is 52.1 Å². The van der Waals surface area contributed by atoms with Crippen molar-refractivity contribution in [1.29, 1.82) is 0 Å². The normalized spacial score (nSPS) is 14.6. The van der Waals surface area contributed by atoms with Gasteiger partial charge in [0.05, 0.1) is 55.6 Å². The zero-order valence-corrected chi connectivity index (χ0v) is 59.9. The van der Waals surface area contributed by atoms with Crippen LogP contribution in [-0.4, -0.2) is 225 Å². The summed E-state index contributed by atoms with van der Waals surface area (Å²) in [7, 11) is 0. The van der Waals surface area contributed by atoms with Gasteiger partial charge >= 0.3 is 59.7 Å². The monoisotopic (exact) mass is 1700 g/mol. The van der Waals surface area contributed by atoms with Crippen LogP contribution in [0.3, 0.4) is 0 Å². The van der Waals surface area contributed by atoms with Crippen molar-refractivity contribution < 1.29 is 228 Å². The Morgan fingerprint density at radius 2 is 0.377 bits per heavy atom. The van der Waals surface area contributed by atoms with E-state index >= 15 is 14.4 Å². The Morgan fingerprint density at radius 3 is 0.598 bits per heavy atom. The first-order valence-electron chi connectivity index (χ1n) is 33.2. The molecule has 0 bridgehead atoms. The molecule has 122 heavy (non-hydrogen) atoms. The molecule has 0 aliphatic carbocycles. The molecule has 0 aromatic heterocycles. The third-order valence-electron chi connectivity index (χ3n) is 16.9. The molecule has 46 heteroatoms. The molecule has 10 aromatic carbocycles. The quantitative estimate of drug-likeness (QED) is 0.0198. The Morgan fingerprint density at radius 1 is 0.205 bits per heavy atom. The van der Waals surface area contributed by atoms with Crippen molar-refractivity contribution in [2.45, 2.75) is 30.7 Å². The first-order valence-corrected chi connectivity index (χ1v) is 33.2. The summed E-state index contributed by atoms with van der Waals surface area (Å²) >= 11 is 0. The standard InChI is InChI=1S/C76H52O46/c77-32-1-22(2-33(78)53(32)92)67(103)113-47-16-27(11-42(87)58(47)97)66(102)112-21-52-63(119-72(108)28-12-43(88)59(98)48(17-28)114-68(104)23-3-34(79)54(93)35(80)4-23)64(120-73(109)29-13-44(89)60(99)49(18-29)115-69(105)24-5-36(81)55(94)37(82)6-24)65(121-74(110)30-14-45(90)61(100)50(19-30)116-70(106)25-7-38(83)56(95)39(84)8-25)76(118-52)122-75(111)31-15-46(91)62(101)51(20-31)117-71(107)26-9-40(85)57(96)41(86)10-26/h1-20,52,63-65,76-101H,21H2/t52-,63+,64+,65+,76+/m1/s1. The Bertz CT molecular complexity index is 5970. The summed E-state index contributed by atoms with van der Waals surface area (Å²) in [5.41, 5.74) is -9.89. The van der Waals surface area contributed by atoms with E-state index in [0.717, 1.165) is 0 Å². The van der Waals surface area contributed by atoms with Gasteiger partial charge in [-0.15, -0.1) is 0 Å². The smallest absolute Gasteiger partial charge is 0.343 e. The van der Waals surface area contributed by atoms with Gasteiger partial charge in [0.2, 0.25) is 41.1 Å². The molecule has 0 spiro atoms. The van der Waals surface area contributed by atoms with E-state index in [1.54, 1.807) is 0 Å². The molecule has 10 aromatic rings. The van der Waals surface area contributed by atoms with Crippen LogP contribution in [0.4, 0.5) is 0 Å². The highest BCUT2D eigenvalue weighted by Crippen LogP contribution is 2.48. The number of benzene rings is 10. The molecule has 5 atom stereocenters. The number of aromatic hydroxyl groups is 25.